The van der Waals surface area contributed by atoms with Crippen LogP contribution in [0, 0.1) is 6.92 Å². The number of ether oxygens (including phenoxy) is 1. The fourth-order valence-corrected chi connectivity index (χ4v) is 5.14. The molecule has 6 nitrogen and oxygen atoms in total. The number of aryl methyl sites for hydroxylation is 1. The number of hydrogen-bond acceptors (Lipinski definition) is 5. The first-order valence-electron chi connectivity index (χ1n) is 11.1. The lowest BCUT2D eigenvalue weighted by Crippen LogP contribution is -2.49. The number of rotatable bonds is 5. The van der Waals surface area contributed by atoms with Gasteiger partial charge in [-0.3, -0.25) is 14.5 Å². The maximum Gasteiger partial charge on any atom is 0.265 e. The topological polar surface area (TPSA) is 71.5 Å². The van der Waals surface area contributed by atoms with Crippen molar-refractivity contribution >= 4 is 46.1 Å². The Morgan fingerprint density at radius 2 is 1.91 bits per heavy atom. The first kappa shape index (κ1) is 23.1. The van der Waals surface area contributed by atoms with Crippen LogP contribution in [0.4, 0.5) is 11.4 Å². The molecule has 1 aliphatic heterocycles. The second kappa shape index (κ2) is 9.52. The third-order valence-corrected chi connectivity index (χ3v) is 7.12. The molecule has 1 N–H and O–H groups in total. The van der Waals surface area contributed by atoms with Crippen LogP contribution in [0.2, 0.25) is 5.02 Å². The SMILES string of the molecule is Cc1ccccc1NC(=O)C(C)N1C(=O)COc2ccc(-c3csc(-c4ccccc4Cl)n3)cc21. The average molecular weight is 504 g/mol. The maximum absolute atomic E-state index is 13.1. The van der Waals surface area contributed by atoms with Gasteiger partial charge in [-0.2, -0.15) is 0 Å². The van der Waals surface area contributed by atoms with E-state index in [1.165, 1.54) is 16.2 Å². The summed E-state index contributed by atoms with van der Waals surface area (Å²) in [5.74, 6) is -0.0110. The third-order valence-electron chi connectivity index (χ3n) is 5.91. The normalized spacial score (nSPS) is 13.7. The molecule has 35 heavy (non-hydrogen) atoms. The number of carbonyl (C=O) groups is 2. The number of hydrogen-bond donors (Lipinski definition) is 1. The lowest BCUT2D eigenvalue weighted by molar-refractivity contribution is -0.125. The van der Waals surface area contributed by atoms with Gasteiger partial charge >= 0.3 is 0 Å². The Balaban J connectivity index is 1.46. The Kier molecular flexibility index (Phi) is 6.28. The number of thiazole rings is 1. The largest absolute Gasteiger partial charge is 0.482 e. The first-order valence-corrected chi connectivity index (χ1v) is 12.3. The molecule has 0 aliphatic carbocycles. The molecule has 2 amide bonds. The van der Waals surface area contributed by atoms with Crippen LogP contribution in [0.1, 0.15) is 12.5 Å². The number of anilines is 2. The standard InChI is InChI=1S/C27H22ClN3O3S/c1-16-7-3-6-10-21(16)29-26(33)17(2)31-23-13-18(11-12-24(23)34-14-25(31)32)22-15-35-27(30-22)19-8-4-5-9-20(19)28/h3-13,15,17H,14H2,1-2H3,(H,29,33). The lowest BCUT2D eigenvalue weighted by atomic mass is 10.1. The highest BCUT2D eigenvalue weighted by Crippen LogP contribution is 2.39. The Morgan fingerprint density at radius 1 is 1.14 bits per heavy atom. The summed E-state index contributed by atoms with van der Waals surface area (Å²) >= 11 is 7.84. The van der Waals surface area contributed by atoms with Gasteiger partial charge in [-0.25, -0.2) is 4.98 Å². The van der Waals surface area contributed by atoms with Crippen LogP contribution < -0.4 is 15.0 Å². The van der Waals surface area contributed by atoms with Crippen molar-refractivity contribution in [2.75, 3.05) is 16.8 Å². The van der Waals surface area contributed by atoms with E-state index in [-0.39, 0.29) is 18.4 Å². The summed E-state index contributed by atoms with van der Waals surface area (Å²) in [6.45, 7) is 3.51. The van der Waals surface area contributed by atoms with Gasteiger partial charge < -0.3 is 10.1 Å². The van der Waals surface area contributed by atoms with Gasteiger partial charge in [0.15, 0.2) is 6.61 Å². The fraction of sp³-hybridized carbons (Fsp3) is 0.148. The molecule has 0 spiro atoms. The molecule has 176 valence electrons. The minimum absolute atomic E-state index is 0.123. The number of para-hydroxylation sites is 1. The fourth-order valence-electron chi connectivity index (χ4n) is 3.99. The summed E-state index contributed by atoms with van der Waals surface area (Å²) in [7, 11) is 0. The van der Waals surface area contributed by atoms with Crippen molar-refractivity contribution in [3.63, 3.8) is 0 Å². The van der Waals surface area contributed by atoms with Gasteiger partial charge in [-0.05, 0) is 49.7 Å². The molecule has 0 saturated heterocycles. The number of nitrogens with zero attached hydrogens (tertiary/aromatic N) is 2. The number of fused-ring (bicyclic) bond motifs is 1. The van der Waals surface area contributed by atoms with E-state index in [0.717, 1.165) is 27.4 Å². The van der Waals surface area contributed by atoms with E-state index in [2.05, 4.69) is 5.32 Å². The Labute approximate surface area is 212 Å². The molecule has 0 radical (unpaired) electrons. The second-order valence-electron chi connectivity index (χ2n) is 8.23. The van der Waals surface area contributed by atoms with Gasteiger partial charge in [-0.1, -0.05) is 48.0 Å². The first-order chi connectivity index (χ1) is 16.9. The van der Waals surface area contributed by atoms with Crippen LogP contribution in [0.5, 0.6) is 5.75 Å². The molecule has 3 aromatic carbocycles. The van der Waals surface area contributed by atoms with Crippen LogP contribution in [-0.2, 0) is 9.59 Å². The van der Waals surface area contributed by atoms with E-state index >= 15 is 0 Å². The molecular weight excluding hydrogens is 482 g/mol. The Morgan fingerprint density at radius 3 is 2.71 bits per heavy atom. The summed E-state index contributed by atoms with van der Waals surface area (Å²) in [4.78, 5) is 32.2. The molecule has 4 aromatic rings. The highest BCUT2D eigenvalue weighted by Gasteiger charge is 2.33. The smallest absolute Gasteiger partial charge is 0.265 e. The number of amides is 2. The summed E-state index contributed by atoms with van der Waals surface area (Å²) in [5, 5.41) is 6.32. The molecule has 1 atom stereocenters. The number of halogens is 1. The van der Waals surface area contributed by atoms with Gasteiger partial charge in [0.1, 0.15) is 16.8 Å². The highest BCUT2D eigenvalue weighted by atomic mass is 35.5. The highest BCUT2D eigenvalue weighted by molar-refractivity contribution is 7.13. The van der Waals surface area contributed by atoms with Crippen molar-refractivity contribution in [1.82, 2.24) is 4.98 Å². The van der Waals surface area contributed by atoms with E-state index in [1.807, 2.05) is 79.0 Å². The van der Waals surface area contributed by atoms with Crippen molar-refractivity contribution in [1.29, 1.82) is 0 Å². The molecule has 5 rings (SSSR count). The monoisotopic (exact) mass is 503 g/mol. The summed E-state index contributed by atoms with van der Waals surface area (Å²) in [5.41, 5.74) is 4.63. The number of aromatic nitrogens is 1. The molecule has 8 heteroatoms. The van der Waals surface area contributed by atoms with Gasteiger partial charge in [-0.15, -0.1) is 11.3 Å². The van der Waals surface area contributed by atoms with Crippen LogP contribution in [-0.4, -0.2) is 29.4 Å². The minimum atomic E-state index is -0.742. The molecule has 1 unspecified atom stereocenters. The third kappa shape index (κ3) is 4.52. The zero-order valence-corrected chi connectivity index (χ0v) is 20.7. The number of nitrogens with one attached hydrogen (secondary N) is 1. The van der Waals surface area contributed by atoms with Crippen LogP contribution in [0.15, 0.2) is 72.1 Å². The van der Waals surface area contributed by atoms with E-state index in [1.54, 1.807) is 6.92 Å². The van der Waals surface area contributed by atoms with Crippen LogP contribution in [0.3, 0.4) is 0 Å². The quantitative estimate of drug-likeness (QED) is 0.352. The van der Waals surface area contributed by atoms with Crippen molar-refractivity contribution in [3.05, 3.63) is 82.7 Å². The summed E-state index contributed by atoms with van der Waals surface area (Å²) < 4.78 is 5.66. The number of benzene rings is 3. The Hall–Kier alpha value is -3.68. The van der Waals surface area contributed by atoms with Crippen molar-refractivity contribution < 1.29 is 14.3 Å². The molecule has 0 fully saturated rings. The lowest BCUT2D eigenvalue weighted by Gasteiger charge is -2.33. The van der Waals surface area contributed by atoms with E-state index < -0.39 is 6.04 Å². The maximum atomic E-state index is 13.1. The van der Waals surface area contributed by atoms with Crippen molar-refractivity contribution in [2.24, 2.45) is 0 Å². The molecule has 1 aliphatic rings. The van der Waals surface area contributed by atoms with Crippen LogP contribution in [0.25, 0.3) is 21.8 Å². The zero-order chi connectivity index (χ0) is 24.5. The summed E-state index contributed by atoms with van der Waals surface area (Å²) in [6.07, 6.45) is 0. The molecule has 0 bridgehead atoms. The molecule has 2 heterocycles. The summed E-state index contributed by atoms with van der Waals surface area (Å²) in [6, 6.07) is 19.9. The van der Waals surface area contributed by atoms with E-state index in [4.69, 9.17) is 21.3 Å². The predicted octanol–water partition coefficient (Wildman–Crippen LogP) is 6.19. The molecule has 1 aromatic heterocycles. The minimum Gasteiger partial charge on any atom is -0.482 e. The van der Waals surface area contributed by atoms with Gasteiger partial charge in [0.25, 0.3) is 5.91 Å². The van der Waals surface area contributed by atoms with Gasteiger partial charge in [0.2, 0.25) is 5.91 Å². The zero-order valence-electron chi connectivity index (χ0n) is 19.1. The second-order valence-corrected chi connectivity index (χ2v) is 9.50. The molecule has 0 saturated carbocycles. The van der Waals surface area contributed by atoms with Gasteiger partial charge in [0.05, 0.1) is 16.4 Å². The predicted molar refractivity (Wildman–Crippen MR) is 140 cm³/mol. The molecular formula is C27H22ClN3O3S. The van der Waals surface area contributed by atoms with Crippen molar-refractivity contribution in [2.45, 2.75) is 19.9 Å². The van der Waals surface area contributed by atoms with E-state index in [9.17, 15) is 9.59 Å². The van der Waals surface area contributed by atoms with Crippen LogP contribution >= 0.6 is 22.9 Å². The van der Waals surface area contributed by atoms with Crippen molar-refractivity contribution in [3.8, 4) is 27.6 Å². The average Bonchev–Trinajstić information content (AvgIpc) is 3.35. The van der Waals surface area contributed by atoms with Gasteiger partial charge in [0, 0.05) is 22.2 Å². The Bertz CT molecular complexity index is 1430. The van der Waals surface area contributed by atoms with E-state index in [0.29, 0.717) is 22.1 Å². The number of carbonyl (C=O) groups excluding carboxylic acids is 2.